The average Bonchev–Trinajstić information content (AvgIpc) is 2.75. The van der Waals surface area contributed by atoms with Gasteiger partial charge in [0.2, 0.25) is 5.91 Å². The number of nitrogens with zero attached hydrogens (tertiary/aromatic N) is 1. The first-order valence-electron chi connectivity index (χ1n) is 5.45. The van der Waals surface area contributed by atoms with E-state index >= 15 is 0 Å². The number of nitrogens with one attached hydrogen (secondary N) is 1. The normalized spacial score (nSPS) is 25.7. The van der Waals surface area contributed by atoms with Crippen molar-refractivity contribution in [1.29, 1.82) is 0 Å². The molecule has 1 heterocycles. The maximum Gasteiger partial charge on any atom is 0.250 e. The molecule has 0 radical (unpaired) electrons. The van der Waals surface area contributed by atoms with Crippen LogP contribution in [0, 0.1) is 6.92 Å². The highest BCUT2D eigenvalue weighted by Gasteiger charge is 2.51. The van der Waals surface area contributed by atoms with E-state index in [1.54, 1.807) is 12.1 Å². The van der Waals surface area contributed by atoms with Crippen LogP contribution in [0.15, 0.2) is 29.3 Å². The molecule has 0 aromatic heterocycles. The molecule has 94 valence electrons. The number of rotatable bonds is 3. The van der Waals surface area contributed by atoms with E-state index in [2.05, 4.69) is 10.3 Å². The Bertz CT molecular complexity index is 541. The van der Waals surface area contributed by atoms with Gasteiger partial charge in [0.25, 0.3) is 5.91 Å². The van der Waals surface area contributed by atoms with Crippen LogP contribution in [0.1, 0.15) is 11.1 Å². The van der Waals surface area contributed by atoms with Crippen molar-refractivity contribution in [2.75, 3.05) is 0 Å². The molecule has 5 N–H and O–H groups in total. The lowest BCUT2D eigenvalue weighted by Gasteiger charge is -2.31. The van der Waals surface area contributed by atoms with Crippen LogP contribution in [0.4, 0.5) is 0 Å². The summed E-state index contributed by atoms with van der Waals surface area (Å²) in [4.78, 5) is 27.2. The number of aliphatic imine (C=N–C) groups is 1. The van der Waals surface area contributed by atoms with Gasteiger partial charge in [0, 0.05) is 0 Å². The Balaban J connectivity index is 2.63. The second-order valence-corrected chi connectivity index (χ2v) is 4.21. The summed E-state index contributed by atoms with van der Waals surface area (Å²) in [5, 5.41) is 2.79. The highest BCUT2D eigenvalue weighted by molar-refractivity contribution is 6.00. The van der Waals surface area contributed by atoms with Crippen molar-refractivity contribution in [3.05, 3.63) is 35.4 Å². The Kier molecular flexibility index (Phi) is 2.78. The van der Waals surface area contributed by atoms with E-state index in [1.165, 1.54) is 6.34 Å². The van der Waals surface area contributed by atoms with Crippen molar-refractivity contribution >= 4 is 18.2 Å². The Labute approximate surface area is 104 Å². The van der Waals surface area contributed by atoms with Gasteiger partial charge in [-0.15, -0.1) is 0 Å². The first-order valence-corrected chi connectivity index (χ1v) is 5.45. The van der Waals surface area contributed by atoms with Crippen LogP contribution in [0.2, 0.25) is 0 Å². The number of carbonyl (C=O) groups is 2. The van der Waals surface area contributed by atoms with Gasteiger partial charge in [-0.2, -0.15) is 0 Å². The summed E-state index contributed by atoms with van der Waals surface area (Å²) in [5.74, 6) is -1.38. The van der Waals surface area contributed by atoms with E-state index in [0.29, 0.717) is 5.56 Å². The van der Waals surface area contributed by atoms with Crippen LogP contribution in [0.25, 0.3) is 0 Å². The van der Waals surface area contributed by atoms with E-state index in [9.17, 15) is 9.59 Å². The molecule has 2 rings (SSSR count). The lowest BCUT2D eigenvalue weighted by Crippen LogP contribution is -2.59. The maximum absolute atomic E-state index is 11.9. The topological polar surface area (TPSA) is 111 Å². The quantitative estimate of drug-likeness (QED) is 0.646. The van der Waals surface area contributed by atoms with Crippen LogP contribution in [0.3, 0.4) is 0 Å². The third-order valence-corrected chi connectivity index (χ3v) is 3.15. The molecule has 2 amide bonds. The minimum absolute atomic E-state index is 0.610. The minimum atomic E-state index is -1.39. The van der Waals surface area contributed by atoms with E-state index in [-0.39, 0.29) is 0 Å². The summed E-state index contributed by atoms with van der Waals surface area (Å²) in [6.07, 6.45) is 1.30. The zero-order valence-electron chi connectivity index (χ0n) is 9.88. The fourth-order valence-electron chi connectivity index (χ4n) is 2.27. The molecular weight excluding hydrogens is 232 g/mol. The fourth-order valence-corrected chi connectivity index (χ4v) is 2.27. The van der Waals surface area contributed by atoms with Gasteiger partial charge in [-0.3, -0.25) is 14.6 Å². The summed E-state index contributed by atoms with van der Waals surface area (Å²) in [5.41, 5.74) is 10.8. The molecule has 0 saturated heterocycles. The van der Waals surface area contributed by atoms with Crippen LogP contribution in [-0.2, 0) is 15.1 Å². The highest BCUT2D eigenvalue weighted by atomic mass is 16.2. The van der Waals surface area contributed by atoms with Gasteiger partial charge in [0.15, 0.2) is 11.6 Å². The average molecular weight is 246 g/mol. The van der Waals surface area contributed by atoms with E-state index in [1.807, 2.05) is 19.1 Å². The number of benzene rings is 1. The molecule has 0 saturated carbocycles. The van der Waals surface area contributed by atoms with Gasteiger partial charge in [-0.25, -0.2) is 0 Å². The number of nitrogens with two attached hydrogens (primary N) is 2. The third-order valence-electron chi connectivity index (χ3n) is 3.15. The number of hydrogen-bond acceptors (Lipinski definition) is 4. The Morgan fingerprint density at radius 3 is 2.56 bits per heavy atom. The summed E-state index contributed by atoms with van der Waals surface area (Å²) in [7, 11) is 0. The van der Waals surface area contributed by atoms with Gasteiger partial charge in [0.1, 0.15) is 0 Å². The smallest absolute Gasteiger partial charge is 0.250 e. The Hall–Kier alpha value is -2.37. The van der Waals surface area contributed by atoms with E-state index < -0.39 is 23.4 Å². The molecule has 1 aliphatic rings. The van der Waals surface area contributed by atoms with E-state index in [0.717, 1.165) is 5.56 Å². The summed E-state index contributed by atoms with van der Waals surface area (Å²) >= 11 is 0. The first kappa shape index (κ1) is 12.1. The predicted molar refractivity (Wildman–Crippen MR) is 66.7 cm³/mol. The molecule has 0 aliphatic carbocycles. The van der Waals surface area contributed by atoms with Gasteiger partial charge < -0.3 is 16.8 Å². The number of hydrogen-bond donors (Lipinski definition) is 3. The Morgan fingerprint density at radius 2 is 2.00 bits per heavy atom. The number of carbonyl (C=O) groups excluding carboxylic acids is 2. The molecular formula is C12H14N4O2. The first-order chi connectivity index (χ1) is 8.50. The maximum atomic E-state index is 11.9. The standard InChI is InChI=1S/C12H14N4O2/c1-7-4-2-3-5-8(7)12(11(14)18)9(10(13)17)15-6-16-12/h2-6,9H,1H3,(H2,13,17)(H2,14,18)(H,15,16). The predicted octanol–water partition coefficient (Wildman–Crippen LogP) is -0.839. The second-order valence-electron chi connectivity index (χ2n) is 4.21. The van der Waals surface area contributed by atoms with Crippen LogP contribution < -0.4 is 16.8 Å². The highest BCUT2D eigenvalue weighted by Crippen LogP contribution is 2.31. The summed E-state index contributed by atoms with van der Waals surface area (Å²) < 4.78 is 0. The molecule has 1 aliphatic heterocycles. The molecule has 1 aromatic rings. The second kappa shape index (κ2) is 4.14. The van der Waals surface area contributed by atoms with Gasteiger partial charge in [-0.05, 0) is 18.1 Å². The van der Waals surface area contributed by atoms with Crippen molar-refractivity contribution in [2.24, 2.45) is 16.5 Å². The van der Waals surface area contributed by atoms with E-state index in [4.69, 9.17) is 11.5 Å². The molecule has 0 fully saturated rings. The largest absolute Gasteiger partial charge is 0.368 e. The van der Waals surface area contributed by atoms with Crippen molar-refractivity contribution < 1.29 is 9.59 Å². The summed E-state index contributed by atoms with van der Waals surface area (Å²) in [6.45, 7) is 1.83. The SMILES string of the molecule is Cc1ccccc1C1(C(N)=O)NC=NC1C(N)=O. The molecule has 2 atom stereocenters. The molecule has 1 aromatic carbocycles. The molecule has 18 heavy (non-hydrogen) atoms. The lowest BCUT2D eigenvalue weighted by molar-refractivity contribution is -0.130. The number of amides is 2. The van der Waals surface area contributed by atoms with Gasteiger partial charge in [0.05, 0.1) is 6.34 Å². The van der Waals surface area contributed by atoms with Crippen molar-refractivity contribution in [3.8, 4) is 0 Å². The van der Waals surface area contributed by atoms with Gasteiger partial charge in [-0.1, -0.05) is 24.3 Å². The molecule has 6 heteroatoms. The molecule has 6 nitrogen and oxygen atoms in total. The zero-order chi connectivity index (χ0) is 13.3. The summed E-state index contributed by atoms with van der Waals surface area (Å²) in [6, 6.07) is 6.14. The minimum Gasteiger partial charge on any atom is -0.368 e. The lowest BCUT2D eigenvalue weighted by atomic mass is 9.80. The molecule has 0 spiro atoms. The monoisotopic (exact) mass is 246 g/mol. The van der Waals surface area contributed by atoms with Crippen LogP contribution >= 0.6 is 0 Å². The van der Waals surface area contributed by atoms with Crippen LogP contribution in [0.5, 0.6) is 0 Å². The van der Waals surface area contributed by atoms with Crippen molar-refractivity contribution in [2.45, 2.75) is 18.5 Å². The van der Waals surface area contributed by atoms with Crippen LogP contribution in [-0.4, -0.2) is 24.2 Å². The molecule has 0 bridgehead atoms. The van der Waals surface area contributed by atoms with Crippen molar-refractivity contribution in [3.63, 3.8) is 0 Å². The molecule has 2 unspecified atom stereocenters. The van der Waals surface area contributed by atoms with Crippen molar-refractivity contribution in [1.82, 2.24) is 5.32 Å². The fraction of sp³-hybridized carbons (Fsp3) is 0.250. The number of primary amides is 2. The van der Waals surface area contributed by atoms with Gasteiger partial charge >= 0.3 is 0 Å². The third kappa shape index (κ3) is 1.54. The zero-order valence-corrected chi connectivity index (χ0v) is 9.88. The number of aryl methyl sites for hydroxylation is 1. The Morgan fingerprint density at radius 1 is 1.33 bits per heavy atom.